The zero-order chi connectivity index (χ0) is 13.9. The molecule has 0 heterocycles. The number of amides is 1. The number of thiocarbonyl (C=S) groups is 1. The Morgan fingerprint density at radius 1 is 1.44 bits per heavy atom. The summed E-state index contributed by atoms with van der Waals surface area (Å²) in [5.74, 6) is -2.18. The van der Waals surface area contributed by atoms with E-state index in [4.69, 9.17) is 18.0 Å². The van der Waals surface area contributed by atoms with Crippen molar-refractivity contribution in [3.63, 3.8) is 0 Å². The highest BCUT2D eigenvalue weighted by atomic mass is 32.1. The van der Waals surface area contributed by atoms with E-state index in [2.05, 4.69) is 0 Å². The van der Waals surface area contributed by atoms with E-state index in [9.17, 15) is 13.6 Å². The molecule has 3 nitrogen and oxygen atoms in total. The van der Waals surface area contributed by atoms with Gasteiger partial charge in [0.15, 0.2) is 0 Å². The maximum Gasteiger partial charge on any atom is 0.257 e. The number of hydrogen-bond acceptors (Lipinski definition) is 2. The zero-order valence-corrected chi connectivity index (χ0v) is 10.9. The van der Waals surface area contributed by atoms with E-state index in [-0.39, 0.29) is 23.1 Å². The molecule has 0 fully saturated rings. The summed E-state index contributed by atoms with van der Waals surface area (Å²) >= 11 is 4.74. The first-order chi connectivity index (χ1) is 8.32. The van der Waals surface area contributed by atoms with Crippen molar-refractivity contribution < 1.29 is 13.6 Å². The first kappa shape index (κ1) is 14.5. The Bertz CT molecular complexity index is 477. The second kappa shape index (κ2) is 5.86. The van der Waals surface area contributed by atoms with Crippen molar-refractivity contribution in [3.05, 3.63) is 35.4 Å². The summed E-state index contributed by atoms with van der Waals surface area (Å²) in [6.07, 6.45) is 0. The van der Waals surface area contributed by atoms with Crippen LogP contribution in [0.1, 0.15) is 24.2 Å². The first-order valence-corrected chi connectivity index (χ1v) is 5.78. The largest absolute Gasteiger partial charge is 0.392 e. The third kappa shape index (κ3) is 3.46. The summed E-state index contributed by atoms with van der Waals surface area (Å²) in [4.78, 5) is 13.6. The van der Waals surface area contributed by atoms with Crippen LogP contribution in [0, 0.1) is 11.6 Å². The van der Waals surface area contributed by atoms with Crippen LogP contribution in [-0.2, 0) is 0 Å². The van der Waals surface area contributed by atoms with Crippen LogP contribution in [0.4, 0.5) is 8.78 Å². The summed E-state index contributed by atoms with van der Waals surface area (Å²) in [5, 5.41) is 0. The Kier molecular flexibility index (Phi) is 4.72. The average Bonchev–Trinajstić information content (AvgIpc) is 2.24. The summed E-state index contributed by atoms with van der Waals surface area (Å²) in [6, 6.07) is 2.63. The Hall–Kier alpha value is -1.56. The highest BCUT2D eigenvalue weighted by Crippen LogP contribution is 2.14. The molecule has 98 valence electrons. The number of nitrogens with zero attached hydrogens (tertiary/aromatic N) is 1. The lowest BCUT2D eigenvalue weighted by Crippen LogP contribution is -2.42. The zero-order valence-electron chi connectivity index (χ0n) is 10.1. The number of hydrogen-bond donors (Lipinski definition) is 1. The lowest BCUT2D eigenvalue weighted by Gasteiger charge is -2.26. The van der Waals surface area contributed by atoms with Crippen LogP contribution < -0.4 is 5.73 Å². The third-order valence-corrected chi connectivity index (χ3v) is 2.50. The maximum atomic E-state index is 13.5. The van der Waals surface area contributed by atoms with E-state index in [0.29, 0.717) is 6.07 Å². The molecule has 0 saturated heterocycles. The molecule has 0 radical (unpaired) electrons. The normalized spacial score (nSPS) is 10.5. The molecule has 0 aliphatic heterocycles. The standard InChI is InChI=1S/C12H14F2N2OS/c1-7(2)16(6-11(15)18)12(17)9-4-3-8(13)5-10(9)14/h3-5,7H,6H2,1-2H3,(H2,15,18). The van der Waals surface area contributed by atoms with Crippen LogP contribution >= 0.6 is 12.2 Å². The molecule has 0 atom stereocenters. The lowest BCUT2D eigenvalue weighted by molar-refractivity contribution is 0.0731. The summed E-state index contributed by atoms with van der Waals surface area (Å²) < 4.78 is 26.3. The number of benzene rings is 1. The van der Waals surface area contributed by atoms with E-state index >= 15 is 0 Å². The van der Waals surface area contributed by atoms with Crippen molar-refractivity contribution in [2.45, 2.75) is 19.9 Å². The Morgan fingerprint density at radius 2 is 2.06 bits per heavy atom. The van der Waals surface area contributed by atoms with Crippen molar-refractivity contribution in [2.75, 3.05) is 6.54 Å². The third-order valence-electron chi connectivity index (χ3n) is 2.37. The maximum absolute atomic E-state index is 13.5. The van der Waals surface area contributed by atoms with Gasteiger partial charge in [0.1, 0.15) is 11.6 Å². The molecule has 0 aliphatic rings. The van der Waals surface area contributed by atoms with Crippen molar-refractivity contribution in [1.82, 2.24) is 4.90 Å². The number of rotatable bonds is 4. The van der Waals surface area contributed by atoms with Gasteiger partial charge in [0.2, 0.25) is 0 Å². The molecule has 1 aromatic carbocycles. The van der Waals surface area contributed by atoms with Gasteiger partial charge in [0, 0.05) is 12.1 Å². The predicted octanol–water partition coefficient (Wildman–Crippen LogP) is 2.10. The van der Waals surface area contributed by atoms with E-state index in [0.717, 1.165) is 12.1 Å². The monoisotopic (exact) mass is 272 g/mol. The quantitative estimate of drug-likeness (QED) is 0.854. The van der Waals surface area contributed by atoms with Crippen LogP contribution in [-0.4, -0.2) is 28.4 Å². The summed E-state index contributed by atoms with van der Waals surface area (Å²) in [7, 11) is 0. The number of carbonyl (C=O) groups is 1. The van der Waals surface area contributed by atoms with Gasteiger partial charge >= 0.3 is 0 Å². The minimum Gasteiger partial charge on any atom is -0.392 e. The molecule has 0 saturated carbocycles. The van der Waals surface area contributed by atoms with Gasteiger partial charge in [0.05, 0.1) is 17.1 Å². The predicted molar refractivity (Wildman–Crippen MR) is 69.3 cm³/mol. The van der Waals surface area contributed by atoms with Crippen molar-refractivity contribution >= 4 is 23.1 Å². The van der Waals surface area contributed by atoms with E-state index in [1.54, 1.807) is 13.8 Å². The fraction of sp³-hybridized carbons (Fsp3) is 0.333. The van der Waals surface area contributed by atoms with Gasteiger partial charge in [-0.2, -0.15) is 0 Å². The fourth-order valence-electron chi connectivity index (χ4n) is 1.47. The molecule has 1 aromatic rings. The topological polar surface area (TPSA) is 46.3 Å². The molecule has 0 bridgehead atoms. The van der Waals surface area contributed by atoms with Crippen molar-refractivity contribution in [2.24, 2.45) is 5.73 Å². The van der Waals surface area contributed by atoms with Crippen LogP contribution in [0.5, 0.6) is 0 Å². The van der Waals surface area contributed by atoms with Crippen LogP contribution in [0.2, 0.25) is 0 Å². The molecule has 6 heteroatoms. The molecule has 1 amide bonds. The summed E-state index contributed by atoms with van der Waals surface area (Å²) in [5.41, 5.74) is 5.20. The van der Waals surface area contributed by atoms with Gasteiger partial charge in [-0.3, -0.25) is 4.79 Å². The van der Waals surface area contributed by atoms with Crippen LogP contribution in [0.15, 0.2) is 18.2 Å². The highest BCUT2D eigenvalue weighted by molar-refractivity contribution is 7.80. The Labute approximate surface area is 110 Å². The second-order valence-electron chi connectivity index (χ2n) is 4.12. The molecule has 18 heavy (non-hydrogen) atoms. The number of carbonyl (C=O) groups excluding carboxylic acids is 1. The van der Waals surface area contributed by atoms with Gasteiger partial charge in [-0.1, -0.05) is 12.2 Å². The molecule has 1 rings (SSSR count). The van der Waals surface area contributed by atoms with Crippen molar-refractivity contribution in [1.29, 1.82) is 0 Å². The van der Waals surface area contributed by atoms with Crippen LogP contribution in [0.25, 0.3) is 0 Å². The molecule has 0 aliphatic carbocycles. The first-order valence-electron chi connectivity index (χ1n) is 5.37. The Balaban J connectivity index is 3.05. The van der Waals surface area contributed by atoms with Gasteiger partial charge in [-0.05, 0) is 26.0 Å². The minimum absolute atomic E-state index is 0.0582. The van der Waals surface area contributed by atoms with Gasteiger partial charge < -0.3 is 10.6 Å². The summed E-state index contributed by atoms with van der Waals surface area (Å²) in [6.45, 7) is 3.58. The minimum atomic E-state index is -0.895. The number of nitrogens with two attached hydrogens (primary N) is 1. The van der Waals surface area contributed by atoms with E-state index in [1.807, 2.05) is 0 Å². The highest BCUT2D eigenvalue weighted by Gasteiger charge is 2.22. The second-order valence-corrected chi connectivity index (χ2v) is 4.64. The lowest BCUT2D eigenvalue weighted by atomic mass is 10.1. The fourth-order valence-corrected chi connectivity index (χ4v) is 1.61. The van der Waals surface area contributed by atoms with E-state index < -0.39 is 17.5 Å². The smallest absolute Gasteiger partial charge is 0.257 e. The average molecular weight is 272 g/mol. The van der Waals surface area contributed by atoms with Gasteiger partial charge in [-0.25, -0.2) is 8.78 Å². The number of halogens is 2. The van der Waals surface area contributed by atoms with E-state index in [1.165, 1.54) is 4.90 Å². The van der Waals surface area contributed by atoms with Gasteiger partial charge in [-0.15, -0.1) is 0 Å². The SMILES string of the molecule is CC(C)N(CC(N)=S)C(=O)c1ccc(F)cc1F. The molecule has 0 aromatic heterocycles. The molecule has 2 N–H and O–H groups in total. The van der Waals surface area contributed by atoms with Crippen molar-refractivity contribution in [3.8, 4) is 0 Å². The molecule has 0 unspecified atom stereocenters. The van der Waals surface area contributed by atoms with Gasteiger partial charge in [0.25, 0.3) is 5.91 Å². The Morgan fingerprint density at radius 3 is 2.50 bits per heavy atom. The molecular weight excluding hydrogens is 258 g/mol. The van der Waals surface area contributed by atoms with Crippen LogP contribution in [0.3, 0.4) is 0 Å². The molecule has 0 spiro atoms. The molecular formula is C12H14F2N2OS.